The summed E-state index contributed by atoms with van der Waals surface area (Å²) in [5, 5.41) is 2.13. The van der Waals surface area contributed by atoms with Gasteiger partial charge in [-0.2, -0.15) is 18.2 Å². The van der Waals surface area contributed by atoms with E-state index in [4.69, 9.17) is 16.6 Å². The Morgan fingerprint density at radius 1 is 1.00 bits per heavy atom. The number of benzene rings is 1. The van der Waals surface area contributed by atoms with Crippen LogP contribution < -0.4 is 15.1 Å². The lowest BCUT2D eigenvalue weighted by Gasteiger charge is -2.35. The third kappa shape index (κ3) is 5.01. The number of piperazine rings is 1. The van der Waals surface area contributed by atoms with Gasteiger partial charge < -0.3 is 20.0 Å². The summed E-state index contributed by atoms with van der Waals surface area (Å²) >= 11 is 5.64. The Hall–Kier alpha value is -2.75. The van der Waals surface area contributed by atoms with Gasteiger partial charge in [-0.25, -0.2) is 9.78 Å². The molecule has 0 atom stereocenters. The third-order valence-corrected chi connectivity index (χ3v) is 5.96. The average molecular weight is 469 g/mol. The molecular weight excluding hydrogens is 445 g/mol. The number of anilines is 3. The number of hydrogen-bond donors (Lipinski definition) is 1. The van der Waals surface area contributed by atoms with Crippen molar-refractivity contribution in [1.29, 1.82) is 0 Å². The van der Waals surface area contributed by atoms with E-state index in [1.807, 2.05) is 13.0 Å². The number of alkyl halides is 3. The molecule has 0 aliphatic carbocycles. The van der Waals surface area contributed by atoms with Crippen LogP contribution in [0.4, 0.5) is 35.4 Å². The molecule has 0 saturated carbocycles. The van der Waals surface area contributed by atoms with E-state index in [9.17, 15) is 18.0 Å². The molecule has 4 rings (SSSR count). The Labute approximate surface area is 189 Å². The van der Waals surface area contributed by atoms with Gasteiger partial charge in [-0.05, 0) is 38.0 Å². The number of nitrogens with zero attached hydrogens (tertiary/aromatic N) is 5. The van der Waals surface area contributed by atoms with Gasteiger partial charge in [-0.1, -0.05) is 11.6 Å². The molecule has 1 aromatic carbocycles. The third-order valence-electron chi connectivity index (χ3n) is 5.63. The van der Waals surface area contributed by atoms with Crippen molar-refractivity contribution in [2.24, 2.45) is 0 Å². The molecule has 3 heterocycles. The summed E-state index contributed by atoms with van der Waals surface area (Å²) < 4.78 is 39.2. The van der Waals surface area contributed by atoms with Crippen LogP contribution in [-0.2, 0) is 6.18 Å². The zero-order valence-corrected chi connectivity index (χ0v) is 18.4. The van der Waals surface area contributed by atoms with Gasteiger partial charge in [0.2, 0.25) is 5.95 Å². The van der Waals surface area contributed by atoms with Crippen molar-refractivity contribution in [3.05, 3.63) is 40.5 Å². The maximum atomic E-state index is 13.1. The number of aromatic nitrogens is 2. The Morgan fingerprint density at radius 3 is 2.34 bits per heavy atom. The summed E-state index contributed by atoms with van der Waals surface area (Å²) in [6.07, 6.45) is -2.32. The normalized spacial score (nSPS) is 17.1. The Morgan fingerprint density at radius 2 is 1.69 bits per heavy atom. The zero-order valence-electron chi connectivity index (χ0n) is 17.6. The number of amides is 2. The van der Waals surface area contributed by atoms with Crippen molar-refractivity contribution in [3.63, 3.8) is 0 Å². The van der Waals surface area contributed by atoms with Crippen LogP contribution in [-0.4, -0.2) is 60.2 Å². The first-order valence-corrected chi connectivity index (χ1v) is 10.9. The maximum Gasteiger partial charge on any atom is 0.417 e. The number of nitrogens with one attached hydrogen (secondary N) is 1. The van der Waals surface area contributed by atoms with Crippen LogP contribution >= 0.6 is 11.6 Å². The molecule has 2 aliphatic heterocycles. The minimum Gasteiger partial charge on any atom is -0.353 e. The van der Waals surface area contributed by atoms with Crippen molar-refractivity contribution in [2.75, 3.05) is 54.4 Å². The predicted octanol–water partition coefficient (Wildman–Crippen LogP) is 4.41. The maximum absolute atomic E-state index is 13.1. The first kappa shape index (κ1) is 22.4. The van der Waals surface area contributed by atoms with Gasteiger partial charge in [0, 0.05) is 56.7 Å². The molecule has 172 valence electrons. The summed E-state index contributed by atoms with van der Waals surface area (Å²) in [4.78, 5) is 27.7. The van der Waals surface area contributed by atoms with Crippen LogP contribution in [0, 0.1) is 6.92 Å². The van der Waals surface area contributed by atoms with Crippen molar-refractivity contribution in [2.45, 2.75) is 25.9 Å². The summed E-state index contributed by atoms with van der Waals surface area (Å²) in [7, 11) is 0. The topological polar surface area (TPSA) is 64.6 Å². The fraction of sp³-hybridized carbons (Fsp3) is 0.476. The first-order valence-electron chi connectivity index (χ1n) is 10.5. The first-order chi connectivity index (χ1) is 15.2. The lowest BCUT2D eigenvalue weighted by molar-refractivity contribution is -0.137. The minimum absolute atomic E-state index is 0.0517. The zero-order chi connectivity index (χ0) is 22.9. The van der Waals surface area contributed by atoms with Gasteiger partial charge in [0.05, 0.1) is 10.6 Å². The molecule has 2 amide bonds. The number of carbonyl (C=O) groups is 1. The number of carbonyl (C=O) groups excluding carboxylic acids is 1. The van der Waals surface area contributed by atoms with Crippen LogP contribution in [0.25, 0.3) is 0 Å². The van der Waals surface area contributed by atoms with Crippen LogP contribution in [0.3, 0.4) is 0 Å². The predicted molar refractivity (Wildman–Crippen MR) is 117 cm³/mol. The highest BCUT2D eigenvalue weighted by Crippen LogP contribution is 2.36. The molecule has 0 unspecified atom stereocenters. The second kappa shape index (κ2) is 9.01. The van der Waals surface area contributed by atoms with E-state index in [0.717, 1.165) is 55.5 Å². The van der Waals surface area contributed by atoms with E-state index < -0.39 is 22.8 Å². The monoisotopic (exact) mass is 468 g/mol. The number of urea groups is 1. The van der Waals surface area contributed by atoms with E-state index in [0.29, 0.717) is 26.2 Å². The Balaban J connectivity index is 1.38. The van der Waals surface area contributed by atoms with Crippen LogP contribution in [0.5, 0.6) is 0 Å². The summed E-state index contributed by atoms with van der Waals surface area (Å²) in [5.41, 5.74) is -0.0363. The lowest BCUT2D eigenvalue weighted by Crippen LogP contribution is -2.50. The molecular formula is C21H24ClF3N6O. The quantitative estimate of drug-likeness (QED) is 0.722. The van der Waals surface area contributed by atoms with Gasteiger partial charge in [-0.3, -0.25) is 0 Å². The molecule has 0 spiro atoms. The standard InChI is InChI=1S/C21H24ClF3N6O/c1-14-12-18(28-19(26-14)30-6-2-3-7-30)29-8-10-31(11-9-29)20(32)27-15-4-5-17(22)16(13-15)21(23,24)25/h4-5,12-13H,2-3,6-11H2,1H3,(H,27,32). The van der Waals surface area contributed by atoms with Gasteiger partial charge in [0.25, 0.3) is 0 Å². The van der Waals surface area contributed by atoms with E-state index in [1.54, 1.807) is 4.90 Å². The smallest absolute Gasteiger partial charge is 0.353 e. The molecule has 2 aromatic rings. The fourth-order valence-corrected chi connectivity index (χ4v) is 4.14. The number of halogens is 4. The van der Waals surface area contributed by atoms with E-state index in [-0.39, 0.29) is 5.69 Å². The lowest BCUT2D eigenvalue weighted by atomic mass is 10.2. The van der Waals surface area contributed by atoms with Crippen molar-refractivity contribution in [3.8, 4) is 0 Å². The van der Waals surface area contributed by atoms with Crippen LogP contribution in [0.2, 0.25) is 5.02 Å². The molecule has 2 fully saturated rings. The number of aryl methyl sites for hydroxylation is 1. The van der Waals surface area contributed by atoms with Crippen LogP contribution in [0.1, 0.15) is 24.1 Å². The molecule has 11 heteroatoms. The highest BCUT2D eigenvalue weighted by atomic mass is 35.5. The van der Waals surface area contributed by atoms with Crippen molar-refractivity contribution < 1.29 is 18.0 Å². The van der Waals surface area contributed by atoms with E-state index in [1.165, 1.54) is 6.07 Å². The second-order valence-electron chi connectivity index (χ2n) is 7.96. The van der Waals surface area contributed by atoms with Gasteiger partial charge in [-0.15, -0.1) is 0 Å². The highest BCUT2D eigenvalue weighted by Gasteiger charge is 2.33. The SMILES string of the molecule is Cc1cc(N2CCN(C(=O)Nc3ccc(Cl)c(C(F)(F)F)c3)CC2)nc(N2CCCC2)n1. The Bertz CT molecular complexity index is 988. The summed E-state index contributed by atoms with van der Waals surface area (Å²) in [6, 6.07) is 4.82. The van der Waals surface area contributed by atoms with Gasteiger partial charge in [0.1, 0.15) is 5.82 Å². The molecule has 7 nitrogen and oxygen atoms in total. The summed E-state index contributed by atoms with van der Waals surface area (Å²) in [6.45, 7) is 5.84. The Kier molecular flexibility index (Phi) is 6.32. The average Bonchev–Trinajstić information content (AvgIpc) is 3.29. The minimum atomic E-state index is -4.59. The molecule has 0 radical (unpaired) electrons. The van der Waals surface area contributed by atoms with Crippen molar-refractivity contribution in [1.82, 2.24) is 14.9 Å². The molecule has 2 aliphatic rings. The second-order valence-corrected chi connectivity index (χ2v) is 8.37. The van der Waals surface area contributed by atoms with Crippen LogP contribution in [0.15, 0.2) is 24.3 Å². The number of hydrogen-bond acceptors (Lipinski definition) is 5. The fourth-order valence-electron chi connectivity index (χ4n) is 3.92. The van der Waals surface area contributed by atoms with E-state index in [2.05, 4.69) is 20.1 Å². The van der Waals surface area contributed by atoms with E-state index >= 15 is 0 Å². The molecule has 2 saturated heterocycles. The molecule has 1 aromatic heterocycles. The van der Waals surface area contributed by atoms with Gasteiger partial charge in [0.15, 0.2) is 0 Å². The van der Waals surface area contributed by atoms with Gasteiger partial charge >= 0.3 is 12.2 Å². The molecule has 0 bridgehead atoms. The number of rotatable bonds is 3. The molecule has 32 heavy (non-hydrogen) atoms. The highest BCUT2D eigenvalue weighted by molar-refractivity contribution is 6.31. The largest absolute Gasteiger partial charge is 0.417 e. The summed E-state index contributed by atoms with van der Waals surface area (Å²) in [5.74, 6) is 1.56. The molecule has 1 N–H and O–H groups in total. The van der Waals surface area contributed by atoms with Crippen molar-refractivity contribution >= 4 is 35.1 Å².